The zero-order valence-corrected chi connectivity index (χ0v) is 52.8. The summed E-state index contributed by atoms with van der Waals surface area (Å²) in [5.74, 6) is 3.07. The van der Waals surface area contributed by atoms with Crippen molar-refractivity contribution in [3.05, 3.63) is 0 Å². The van der Waals surface area contributed by atoms with E-state index in [0.29, 0.717) is 83.5 Å². The highest BCUT2D eigenvalue weighted by Gasteiger charge is 2.67. The zero-order valence-electron chi connectivity index (χ0n) is 39.5. The predicted molar refractivity (Wildman–Crippen MR) is 309 cm³/mol. The van der Waals surface area contributed by atoms with Gasteiger partial charge < -0.3 is 39.8 Å². The van der Waals surface area contributed by atoms with Gasteiger partial charge in [-0.1, -0.05) is 40.0 Å². The Morgan fingerprint density at radius 3 is 0.852 bits per heavy atom. The lowest BCUT2D eigenvalue weighted by molar-refractivity contribution is 0.0704. The van der Waals surface area contributed by atoms with Crippen LogP contribution in [0.1, 0.15) is 128 Å². The van der Waals surface area contributed by atoms with Crippen molar-refractivity contribution in [1.82, 2.24) is 0 Å². The second-order valence-corrected chi connectivity index (χ2v) is 49.3. The van der Waals surface area contributed by atoms with Crippen molar-refractivity contribution in [2.24, 2.45) is 11.8 Å². The fourth-order valence-corrected chi connectivity index (χ4v) is 63.1. The first-order valence-corrected chi connectivity index (χ1v) is 43.8. The van der Waals surface area contributed by atoms with E-state index in [4.69, 9.17) is 110 Å². The quantitative estimate of drug-likeness (QED) is 0.0200. The molecule has 0 fully saturated rings. The standard InChI is InChI=1S/C37H88O9S12Si3/c1-13-36(28-23-27-35(11)12)37(56(50,53-47)29-24-32-59(38-14-2,39-15-3)40-16-4,57(51,54-48)30-25-33-60(41-17-5,42-18-6)43-19-7)58(52,55-49)31-26-34-61(44-20-8,45-21-9)46-22-10/h35-36,47-52H,13-34H2,1-12H3. The second kappa shape index (κ2) is 34.8. The highest BCUT2D eigenvalue weighted by Crippen LogP contribution is 3.03. The molecule has 4 unspecified atom stereocenters. The molecule has 0 aliphatic carbocycles. The summed E-state index contributed by atoms with van der Waals surface area (Å²) in [6, 6.07) is 2.03. The lowest BCUT2D eigenvalue weighted by Gasteiger charge is -2.70. The van der Waals surface area contributed by atoms with Crippen LogP contribution in [-0.2, 0) is 39.8 Å². The molecule has 0 aromatic rings. The van der Waals surface area contributed by atoms with Crippen molar-refractivity contribution >= 4 is 150 Å². The Balaban J connectivity index is 8.24. The highest BCUT2D eigenvalue weighted by atomic mass is 33.8. The Morgan fingerprint density at radius 1 is 0.426 bits per heavy atom. The van der Waals surface area contributed by atoms with Gasteiger partial charge in [-0.15, -0.1) is 94.2 Å². The predicted octanol–water partition coefficient (Wildman–Crippen LogP) is 15.2. The maximum Gasteiger partial charge on any atom is 0.500 e. The van der Waals surface area contributed by atoms with E-state index in [1.165, 1.54) is 0 Å². The summed E-state index contributed by atoms with van der Waals surface area (Å²) in [6.07, 6.45) is 6.50. The van der Waals surface area contributed by atoms with E-state index in [0.717, 1.165) is 62.2 Å². The van der Waals surface area contributed by atoms with E-state index in [1.807, 2.05) is 62.3 Å². The van der Waals surface area contributed by atoms with Gasteiger partial charge in [-0.25, -0.2) is 0 Å². The minimum Gasteiger partial charge on any atom is -0.374 e. The largest absolute Gasteiger partial charge is 0.500 e. The lowest BCUT2D eigenvalue weighted by atomic mass is 9.97. The fraction of sp³-hybridized carbons (Fsp3) is 1.00. The molecule has 0 saturated carbocycles. The molecule has 0 aromatic carbocycles. The summed E-state index contributed by atoms with van der Waals surface area (Å²) in [5.41, 5.74) is 0. The Labute approximate surface area is 423 Å². The second-order valence-electron chi connectivity index (χ2n) is 14.5. The first-order chi connectivity index (χ1) is 29.0. The molecule has 9 nitrogen and oxygen atoms in total. The maximum absolute atomic E-state index is 6.39. The fourth-order valence-electron chi connectivity index (χ4n) is 7.95. The van der Waals surface area contributed by atoms with Gasteiger partial charge in [0, 0.05) is 77.6 Å². The molecule has 0 saturated heterocycles. The molecule has 0 radical (unpaired) electrons. The van der Waals surface area contributed by atoms with Crippen LogP contribution < -0.4 is 0 Å². The van der Waals surface area contributed by atoms with Crippen molar-refractivity contribution in [2.45, 2.75) is 150 Å². The topological polar surface area (TPSA) is 83.1 Å². The first-order valence-electron chi connectivity index (χ1n) is 22.3. The Bertz CT molecular complexity index is 962. The molecule has 0 spiro atoms. The van der Waals surface area contributed by atoms with Gasteiger partial charge in [0.25, 0.3) is 0 Å². The van der Waals surface area contributed by atoms with Gasteiger partial charge >= 0.3 is 26.4 Å². The summed E-state index contributed by atoms with van der Waals surface area (Å²) in [5, 5.41) is 0. The normalized spacial score (nSPS) is 19.1. The number of rotatable bonds is 42. The van der Waals surface area contributed by atoms with Gasteiger partial charge in [-0.05, 0) is 147 Å². The molecule has 0 rings (SSSR count). The molecule has 0 amide bonds. The van der Waals surface area contributed by atoms with E-state index in [1.54, 1.807) is 29.5 Å². The van der Waals surface area contributed by atoms with E-state index < -0.39 is 54.1 Å². The zero-order chi connectivity index (χ0) is 46.7. The Morgan fingerprint density at radius 2 is 0.672 bits per heavy atom. The molecule has 61 heavy (non-hydrogen) atoms. The third kappa shape index (κ3) is 19.2. The van der Waals surface area contributed by atoms with Crippen molar-refractivity contribution in [2.75, 3.05) is 76.7 Å². The van der Waals surface area contributed by atoms with E-state index in [-0.39, 0.29) is 5.92 Å². The minimum absolute atomic E-state index is 0.186. The van der Waals surface area contributed by atoms with Gasteiger partial charge in [-0.2, -0.15) is 0 Å². The lowest BCUT2D eigenvalue weighted by Crippen LogP contribution is -2.49. The van der Waals surface area contributed by atoms with Crippen LogP contribution in [0, 0.1) is 11.8 Å². The molecule has 0 aliphatic rings. The summed E-state index contributed by atoms with van der Waals surface area (Å²) in [6.45, 7) is 29.8. The molecular weight excluding hydrogens is 1060 g/mol. The Kier molecular flexibility index (Phi) is 37.3. The third-order valence-electron chi connectivity index (χ3n) is 10.0. The SMILES string of the molecule is CCO[Si](CCCS(S)(SS)C(C(CC)CCCC(C)C)(S(S)(CCC[Si](OCC)(OCC)OCC)SS)S(S)(CCC[Si](OCC)(OCC)OCC)SS)(OCC)OCC. The van der Waals surface area contributed by atoms with Crippen molar-refractivity contribution < 1.29 is 39.8 Å². The smallest absolute Gasteiger partial charge is 0.374 e. The molecule has 0 heterocycles. The van der Waals surface area contributed by atoms with E-state index in [2.05, 4.69) is 20.8 Å². The molecule has 374 valence electrons. The van der Waals surface area contributed by atoms with Crippen LogP contribution in [0.15, 0.2) is 0 Å². The summed E-state index contributed by atoms with van der Waals surface area (Å²) >= 11 is 34.1. The van der Waals surface area contributed by atoms with Crippen LogP contribution in [0.5, 0.6) is 0 Å². The monoisotopic (exact) mass is 1140 g/mol. The first kappa shape index (κ1) is 65.5. The van der Waals surface area contributed by atoms with Crippen LogP contribution in [0.2, 0.25) is 18.1 Å². The van der Waals surface area contributed by atoms with Gasteiger partial charge in [-0.3, -0.25) is 0 Å². The third-order valence-corrected chi connectivity index (χ3v) is 58.0. The van der Waals surface area contributed by atoms with Crippen molar-refractivity contribution in [1.29, 1.82) is 0 Å². The average molecular weight is 1150 g/mol. The number of thiol groups is 6. The maximum atomic E-state index is 6.39. The van der Waals surface area contributed by atoms with Gasteiger partial charge in [0.05, 0.1) is 0 Å². The molecule has 0 aliphatic heterocycles. The average Bonchev–Trinajstić information content (AvgIpc) is 3.21. The van der Waals surface area contributed by atoms with Crippen molar-refractivity contribution in [3.8, 4) is 0 Å². The summed E-state index contributed by atoms with van der Waals surface area (Å²) < 4.78 is 57.0. The molecule has 0 bridgehead atoms. The van der Waals surface area contributed by atoms with Gasteiger partial charge in [0.15, 0.2) is 0 Å². The molecular formula is C37H88O9S12Si3. The van der Waals surface area contributed by atoms with E-state index >= 15 is 0 Å². The van der Waals surface area contributed by atoms with Crippen LogP contribution in [0.3, 0.4) is 0 Å². The van der Waals surface area contributed by atoms with Crippen LogP contribution in [-0.4, -0.2) is 107 Å². The minimum atomic E-state index is -2.97. The molecule has 0 N–H and O–H groups in total. The van der Waals surface area contributed by atoms with Crippen LogP contribution in [0.25, 0.3) is 0 Å². The number of hydrogen-bond donors (Lipinski definition) is 6. The molecule has 0 aromatic heterocycles. The molecule has 4 atom stereocenters. The van der Waals surface area contributed by atoms with Crippen LogP contribution >= 0.6 is 124 Å². The van der Waals surface area contributed by atoms with Gasteiger partial charge in [0.2, 0.25) is 0 Å². The highest BCUT2D eigenvalue weighted by molar-refractivity contribution is 9.48. The van der Waals surface area contributed by atoms with Crippen LogP contribution in [0.4, 0.5) is 0 Å². The number of hydrogen-bond acceptors (Lipinski definition) is 18. The van der Waals surface area contributed by atoms with E-state index in [9.17, 15) is 0 Å². The summed E-state index contributed by atoms with van der Waals surface area (Å²) in [4.78, 5) is 0. The van der Waals surface area contributed by atoms with Gasteiger partial charge in [0.1, 0.15) is 3.41 Å². The molecule has 24 heteroatoms. The van der Waals surface area contributed by atoms with Crippen molar-refractivity contribution in [3.63, 3.8) is 0 Å². The summed E-state index contributed by atoms with van der Waals surface area (Å²) in [7, 11) is -10.3. The Hall–Kier alpha value is 4.49.